The molecule has 47 heavy (non-hydrogen) atoms. The van der Waals surface area contributed by atoms with Crippen LogP contribution in [0.15, 0.2) is 152 Å². The monoisotopic (exact) mass is 601 g/mol. The second-order valence-corrected chi connectivity index (χ2v) is 12.5. The van der Waals surface area contributed by atoms with E-state index >= 15 is 0 Å². The molecule has 1 aliphatic carbocycles. The van der Waals surface area contributed by atoms with Crippen molar-refractivity contribution in [2.75, 3.05) is 0 Å². The molecule has 0 bridgehead atoms. The van der Waals surface area contributed by atoms with Gasteiger partial charge in [0.05, 0.1) is 21.9 Å². The Bertz CT molecular complexity index is 2780. The summed E-state index contributed by atoms with van der Waals surface area (Å²) >= 11 is 0. The van der Waals surface area contributed by atoms with Crippen LogP contribution >= 0.6 is 0 Å². The van der Waals surface area contributed by atoms with Crippen LogP contribution in [0.3, 0.4) is 0 Å². The first kappa shape index (κ1) is 26.2. The van der Waals surface area contributed by atoms with Gasteiger partial charge in [-0.25, -0.2) is 0 Å². The maximum absolute atomic E-state index is 2.52. The summed E-state index contributed by atoms with van der Waals surface area (Å²) in [4.78, 5) is 0. The Hall–Kier alpha value is -6.06. The van der Waals surface area contributed by atoms with E-state index in [2.05, 4.69) is 178 Å². The van der Waals surface area contributed by atoms with Gasteiger partial charge in [0.2, 0.25) is 0 Å². The molecule has 0 saturated carbocycles. The standard InChI is InChI=1S/C44H31N3/c1-3-14-30(15-4-1)31-16-13-19-33(28-31)46-40-24-11-8-21-36(40)43-37-22-9-12-25-41(37)47(44(43)46)34-26-27-42-38(29-34)35-20-7-10-23-39(35)45(42)32-17-5-2-6-18-32/h1-8,10-11,13-29H,9,12H2. The van der Waals surface area contributed by atoms with Gasteiger partial charge in [0.25, 0.3) is 0 Å². The Morgan fingerprint density at radius 3 is 1.83 bits per heavy atom. The second kappa shape index (κ2) is 10.2. The summed E-state index contributed by atoms with van der Waals surface area (Å²) in [5, 5.41) is 7.75. The lowest BCUT2D eigenvalue weighted by atomic mass is 10.1. The summed E-state index contributed by atoms with van der Waals surface area (Å²) < 4.78 is 7.39. The normalized spacial score (nSPS) is 12.9. The van der Waals surface area contributed by atoms with Gasteiger partial charge in [-0.1, -0.05) is 109 Å². The van der Waals surface area contributed by atoms with Crippen molar-refractivity contribution in [1.29, 1.82) is 0 Å². The molecule has 0 N–H and O–H groups in total. The zero-order valence-corrected chi connectivity index (χ0v) is 25.8. The summed E-state index contributed by atoms with van der Waals surface area (Å²) in [6.07, 6.45) is 6.98. The first-order chi connectivity index (χ1) is 23.3. The highest BCUT2D eigenvalue weighted by Crippen LogP contribution is 2.36. The van der Waals surface area contributed by atoms with Gasteiger partial charge in [0.15, 0.2) is 0 Å². The van der Waals surface area contributed by atoms with Crippen LogP contribution in [0.25, 0.3) is 84.1 Å². The molecule has 1 aliphatic rings. The average Bonchev–Trinajstić information content (AvgIpc) is 3.78. The highest BCUT2D eigenvalue weighted by molar-refractivity contribution is 6.12. The van der Waals surface area contributed by atoms with Gasteiger partial charge in [-0.3, -0.25) is 9.13 Å². The van der Waals surface area contributed by atoms with E-state index < -0.39 is 0 Å². The maximum Gasteiger partial charge on any atom is 0.131 e. The minimum Gasteiger partial charge on any atom is -0.309 e. The number of aromatic nitrogens is 3. The van der Waals surface area contributed by atoms with Gasteiger partial charge in [-0.15, -0.1) is 0 Å². The van der Waals surface area contributed by atoms with Crippen LogP contribution in [0.5, 0.6) is 0 Å². The lowest BCUT2D eigenvalue weighted by molar-refractivity contribution is 0.986. The van der Waals surface area contributed by atoms with Crippen molar-refractivity contribution in [2.24, 2.45) is 0 Å². The molecule has 222 valence electrons. The van der Waals surface area contributed by atoms with Gasteiger partial charge in [0, 0.05) is 43.8 Å². The molecule has 3 heterocycles. The molecule has 9 aromatic rings. The van der Waals surface area contributed by atoms with E-state index in [1.807, 2.05) is 0 Å². The molecule has 6 aromatic carbocycles. The maximum atomic E-state index is 2.52. The van der Waals surface area contributed by atoms with Crippen molar-refractivity contribution in [3.05, 3.63) is 162 Å². The Labute approximate surface area is 272 Å². The number of rotatable bonds is 4. The number of para-hydroxylation sites is 3. The third kappa shape index (κ3) is 3.87. The van der Waals surface area contributed by atoms with Crippen LogP contribution < -0.4 is 10.6 Å². The summed E-state index contributed by atoms with van der Waals surface area (Å²) in [6, 6.07) is 55.1. The first-order valence-corrected chi connectivity index (χ1v) is 16.4. The number of hydrogen-bond acceptors (Lipinski definition) is 0. The fourth-order valence-corrected chi connectivity index (χ4v) is 7.86. The van der Waals surface area contributed by atoms with Crippen LogP contribution in [0.4, 0.5) is 0 Å². The molecule has 0 saturated heterocycles. The predicted molar refractivity (Wildman–Crippen MR) is 197 cm³/mol. The molecule has 10 rings (SSSR count). The molecule has 3 heteroatoms. The van der Waals surface area contributed by atoms with Gasteiger partial charge >= 0.3 is 0 Å². The molecule has 0 aliphatic heterocycles. The average molecular weight is 602 g/mol. The first-order valence-electron chi connectivity index (χ1n) is 16.4. The van der Waals surface area contributed by atoms with Crippen LogP contribution in [-0.2, 0) is 0 Å². The molecule has 0 amide bonds. The molecule has 0 spiro atoms. The summed E-state index contributed by atoms with van der Waals surface area (Å²) in [5.41, 5.74) is 10.8. The topological polar surface area (TPSA) is 14.8 Å². The molecule has 3 aromatic heterocycles. The molecule has 3 nitrogen and oxygen atoms in total. The number of benzene rings is 6. The van der Waals surface area contributed by atoms with Crippen LogP contribution in [0.1, 0.15) is 12.8 Å². The Morgan fingerprint density at radius 1 is 0.383 bits per heavy atom. The fraction of sp³-hybridized carbons (Fsp3) is 0.0455. The minimum atomic E-state index is 1.04. The SMILES string of the molecule is C1=c2c(n(-c3ccc4c(c3)c3ccccc3n4-c3ccccc3)c3c2c2ccccc2n3-c2cccc(-c3ccccc3)c2)=CCC1. The number of fused-ring (bicyclic) bond motifs is 8. The lowest BCUT2D eigenvalue weighted by Crippen LogP contribution is -2.30. The molecular weight excluding hydrogens is 571 g/mol. The lowest BCUT2D eigenvalue weighted by Gasteiger charge is -2.14. The quantitative estimate of drug-likeness (QED) is 0.191. The third-order valence-corrected chi connectivity index (χ3v) is 9.84. The van der Waals surface area contributed by atoms with E-state index in [9.17, 15) is 0 Å². The summed E-state index contributed by atoms with van der Waals surface area (Å²) in [5.74, 6) is 0. The van der Waals surface area contributed by atoms with Gasteiger partial charge in [-0.2, -0.15) is 0 Å². The number of hydrogen-bond donors (Lipinski definition) is 0. The smallest absolute Gasteiger partial charge is 0.131 e. The van der Waals surface area contributed by atoms with E-state index in [4.69, 9.17) is 0 Å². The van der Waals surface area contributed by atoms with E-state index in [-0.39, 0.29) is 0 Å². The fourth-order valence-electron chi connectivity index (χ4n) is 7.86. The van der Waals surface area contributed by atoms with E-state index in [0.29, 0.717) is 0 Å². The Balaban J connectivity index is 1.31. The third-order valence-electron chi connectivity index (χ3n) is 9.84. The summed E-state index contributed by atoms with van der Waals surface area (Å²) in [7, 11) is 0. The van der Waals surface area contributed by atoms with Crippen LogP contribution in [0, 0.1) is 0 Å². The summed E-state index contributed by atoms with van der Waals surface area (Å²) in [6.45, 7) is 0. The Morgan fingerprint density at radius 2 is 1.00 bits per heavy atom. The predicted octanol–water partition coefficient (Wildman–Crippen LogP) is 9.69. The van der Waals surface area contributed by atoms with Gasteiger partial charge < -0.3 is 4.57 Å². The van der Waals surface area contributed by atoms with Crippen molar-refractivity contribution in [2.45, 2.75) is 12.8 Å². The number of nitrogens with zero attached hydrogens (tertiary/aromatic N) is 3. The van der Waals surface area contributed by atoms with Crippen LogP contribution in [0.2, 0.25) is 0 Å². The molecular formula is C44H31N3. The molecule has 0 fully saturated rings. The van der Waals surface area contributed by atoms with Gasteiger partial charge in [-0.05, 0) is 78.6 Å². The van der Waals surface area contributed by atoms with Crippen molar-refractivity contribution in [3.63, 3.8) is 0 Å². The van der Waals surface area contributed by atoms with E-state index in [1.165, 1.54) is 76.8 Å². The largest absolute Gasteiger partial charge is 0.309 e. The molecule has 0 atom stereocenters. The van der Waals surface area contributed by atoms with Crippen LogP contribution in [-0.4, -0.2) is 13.7 Å². The zero-order chi connectivity index (χ0) is 30.9. The molecule has 0 unspecified atom stereocenters. The molecule has 0 radical (unpaired) electrons. The zero-order valence-electron chi connectivity index (χ0n) is 25.8. The second-order valence-electron chi connectivity index (χ2n) is 12.5. The van der Waals surface area contributed by atoms with E-state index in [0.717, 1.165) is 18.5 Å². The van der Waals surface area contributed by atoms with Crippen molar-refractivity contribution in [3.8, 4) is 28.2 Å². The highest BCUT2D eigenvalue weighted by atomic mass is 15.1. The van der Waals surface area contributed by atoms with Crippen molar-refractivity contribution in [1.82, 2.24) is 13.7 Å². The highest BCUT2D eigenvalue weighted by Gasteiger charge is 2.22. The Kier molecular flexibility index (Phi) is 5.70. The van der Waals surface area contributed by atoms with Crippen molar-refractivity contribution < 1.29 is 0 Å². The van der Waals surface area contributed by atoms with Gasteiger partial charge in [0.1, 0.15) is 5.65 Å². The minimum absolute atomic E-state index is 1.04. The van der Waals surface area contributed by atoms with E-state index in [1.54, 1.807) is 0 Å². The van der Waals surface area contributed by atoms with Crippen molar-refractivity contribution >= 4 is 55.9 Å².